The van der Waals surface area contributed by atoms with E-state index in [4.69, 9.17) is 11.6 Å². The summed E-state index contributed by atoms with van der Waals surface area (Å²) in [6.45, 7) is 1.53. The first-order valence-corrected chi connectivity index (χ1v) is 8.19. The highest BCUT2D eigenvalue weighted by Crippen LogP contribution is 2.28. The van der Waals surface area contributed by atoms with Crippen LogP contribution < -0.4 is 4.72 Å². The normalized spacial score (nSPS) is 11.4. The molecule has 7 heteroatoms. The smallest absolute Gasteiger partial charge is 0.261 e. The summed E-state index contributed by atoms with van der Waals surface area (Å²) in [6, 6.07) is 8.68. The third-order valence-electron chi connectivity index (χ3n) is 2.60. The van der Waals surface area contributed by atoms with Gasteiger partial charge in [0.25, 0.3) is 10.0 Å². The van der Waals surface area contributed by atoms with E-state index in [9.17, 15) is 12.8 Å². The standard InChI is InChI=1S/C13H10BrClFNO2S/c1-8-5-13(11(15)7-12(8)16)17-20(18,19)10-4-2-3-9(14)6-10/h2-7,17H,1H3. The Bertz CT molecular complexity index is 765. The van der Waals surface area contributed by atoms with Crippen molar-refractivity contribution in [1.29, 1.82) is 0 Å². The van der Waals surface area contributed by atoms with E-state index in [1.807, 2.05) is 0 Å². The lowest BCUT2D eigenvalue weighted by Gasteiger charge is -2.11. The summed E-state index contributed by atoms with van der Waals surface area (Å²) in [5.74, 6) is -0.486. The molecule has 0 aliphatic rings. The first-order chi connectivity index (χ1) is 9.29. The number of nitrogens with one attached hydrogen (secondary N) is 1. The Morgan fingerprint density at radius 1 is 1.25 bits per heavy atom. The molecule has 20 heavy (non-hydrogen) atoms. The predicted molar refractivity (Wildman–Crippen MR) is 81.1 cm³/mol. The highest BCUT2D eigenvalue weighted by atomic mass is 79.9. The lowest BCUT2D eigenvalue weighted by molar-refractivity contribution is 0.600. The van der Waals surface area contributed by atoms with Gasteiger partial charge in [0.05, 0.1) is 15.6 Å². The third-order valence-corrected chi connectivity index (χ3v) is 4.77. The van der Waals surface area contributed by atoms with Gasteiger partial charge >= 0.3 is 0 Å². The van der Waals surface area contributed by atoms with Crippen molar-refractivity contribution in [2.45, 2.75) is 11.8 Å². The second kappa shape index (κ2) is 5.71. The quantitative estimate of drug-likeness (QED) is 0.863. The molecule has 2 aromatic carbocycles. The molecule has 0 spiro atoms. The molecule has 0 amide bonds. The molecular weight excluding hydrogens is 369 g/mol. The number of benzene rings is 2. The van der Waals surface area contributed by atoms with Gasteiger partial charge in [-0.3, -0.25) is 4.72 Å². The van der Waals surface area contributed by atoms with Crippen LogP contribution in [-0.2, 0) is 10.0 Å². The van der Waals surface area contributed by atoms with E-state index < -0.39 is 15.8 Å². The molecule has 1 N–H and O–H groups in total. The fourth-order valence-electron chi connectivity index (χ4n) is 1.57. The van der Waals surface area contributed by atoms with Gasteiger partial charge < -0.3 is 0 Å². The van der Waals surface area contributed by atoms with Crippen LogP contribution in [0.4, 0.5) is 10.1 Å². The average Bonchev–Trinajstić information content (AvgIpc) is 2.36. The van der Waals surface area contributed by atoms with E-state index in [1.165, 1.54) is 25.1 Å². The van der Waals surface area contributed by atoms with Crippen LogP contribution in [0.15, 0.2) is 45.8 Å². The molecule has 106 valence electrons. The SMILES string of the molecule is Cc1cc(NS(=O)(=O)c2cccc(Br)c2)c(Cl)cc1F. The fourth-order valence-corrected chi connectivity index (χ4v) is 3.49. The monoisotopic (exact) mass is 377 g/mol. The highest BCUT2D eigenvalue weighted by molar-refractivity contribution is 9.10. The topological polar surface area (TPSA) is 46.2 Å². The van der Waals surface area contributed by atoms with E-state index in [2.05, 4.69) is 20.7 Å². The van der Waals surface area contributed by atoms with Crippen molar-refractivity contribution in [3.05, 3.63) is 57.3 Å². The molecule has 0 aromatic heterocycles. The van der Waals surface area contributed by atoms with E-state index in [-0.39, 0.29) is 15.6 Å². The van der Waals surface area contributed by atoms with Gasteiger partial charge in [0.2, 0.25) is 0 Å². The second-order valence-electron chi connectivity index (χ2n) is 4.14. The molecule has 0 radical (unpaired) electrons. The molecule has 3 nitrogen and oxygen atoms in total. The first kappa shape index (κ1) is 15.3. The summed E-state index contributed by atoms with van der Waals surface area (Å²) >= 11 is 9.06. The van der Waals surface area contributed by atoms with Gasteiger partial charge in [-0.05, 0) is 42.8 Å². The Morgan fingerprint density at radius 2 is 1.95 bits per heavy atom. The molecule has 0 aliphatic heterocycles. The average molecular weight is 379 g/mol. The summed E-state index contributed by atoms with van der Waals surface area (Å²) < 4.78 is 40.7. The van der Waals surface area contributed by atoms with Gasteiger partial charge in [-0.25, -0.2) is 12.8 Å². The minimum Gasteiger partial charge on any atom is -0.278 e. The molecule has 0 bridgehead atoms. The lowest BCUT2D eigenvalue weighted by Crippen LogP contribution is -2.13. The number of rotatable bonds is 3. The molecule has 0 fully saturated rings. The molecule has 0 heterocycles. The maximum Gasteiger partial charge on any atom is 0.261 e. The van der Waals surface area contributed by atoms with Crippen LogP contribution in [0.25, 0.3) is 0 Å². The Morgan fingerprint density at radius 3 is 2.60 bits per heavy atom. The van der Waals surface area contributed by atoms with Crippen LogP contribution in [0, 0.1) is 12.7 Å². The van der Waals surface area contributed by atoms with Crippen molar-refractivity contribution < 1.29 is 12.8 Å². The van der Waals surface area contributed by atoms with Gasteiger partial charge in [0, 0.05) is 4.47 Å². The van der Waals surface area contributed by atoms with E-state index >= 15 is 0 Å². The highest BCUT2D eigenvalue weighted by Gasteiger charge is 2.17. The van der Waals surface area contributed by atoms with Crippen molar-refractivity contribution in [1.82, 2.24) is 0 Å². The molecule has 0 atom stereocenters. The van der Waals surface area contributed by atoms with Crippen LogP contribution in [0.1, 0.15) is 5.56 Å². The maximum absolute atomic E-state index is 13.3. The van der Waals surface area contributed by atoms with Gasteiger partial charge in [-0.2, -0.15) is 0 Å². The van der Waals surface area contributed by atoms with Crippen LogP contribution in [0.2, 0.25) is 5.02 Å². The number of hydrogen-bond acceptors (Lipinski definition) is 2. The van der Waals surface area contributed by atoms with Crippen molar-refractivity contribution in [3.63, 3.8) is 0 Å². The fraction of sp³-hybridized carbons (Fsp3) is 0.0769. The van der Waals surface area contributed by atoms with Crippen LogP contribution in [0.3, 0.4) is 0 Å². The van der Waals surface area contributed by atoms with Gasteiger partial charge in [0.1, 0.15) is 5.82 Å². The van der Waals surface area contributed by atoms with E-state index in [0.29, 0.717) is 10.0 Å². The Balaban J connectivity index is 2.41. The lowest BCUT2D eigenvalue weighted by atomic mass is 10.2. The molecule has 0 aliphatic carbocycles. The molecule has 2 rings (SSSR count). The number of hydrogen-bond donors (Lipinski definition) is 1. The zero-order chi connectivity index (χ0) is 14.9. The summed E-state index contributed by atoms with van der Waals surface area (Å²) in [5, 5.41) is 0.00618. The van der Waals surface area contributed by atoms with Crippen LogP contribution >= 0.6 is 27.5 Å². The zero-order valence-electron chi connectivity index (χ0n) is 10.3. The van der Waals surface area contributed by atoms with Crippen molar-refractivity contribution in [3.8, 4) is 0 Å². The maximum atomic E-state index is 13.3. The molecule has 2 aromatic rings. The Hall–Kier alpha value is -1.11. The summed E-state index contributed by atoms with van der Waals surface area (Å²) in [5.41, 5.74) is 0.451. The molecule has 0 saturated carbocycles. The van der Waals surface area contributed by atoms with E-state index in [0.717, 1.165) is 6.07 Å². The van der Waals surface area contributed by atoms with E-state index in [1.54, 1.807) is 12.1 Å². The van der Waals surface area contributed by atoms with Crippen molar-refractivity contribution in [2.24, 2.45) is 0 Å². The first-order valence-electron chi connectivity index (χ1n) is 5.53. The third kappa shape index (κ3) is 3.31. The van der Waals surface area contributed by atoms with Crippen LogP contribution in [0.5, 0.6) is 0 Å². The second-order valence-corrected chi connectivity index (χ2v) is 7.15. The molecular formula is C13H10BrClFNO2S. The largest absolute Gasteiger partial charge is 0.278 e. The Kier molecular flexibility index (Phi) is 4.36. The number of anilines is 1. The minimum atomic E-state index is -3.77. The minimum absolute atomic E-state index is 0.00618. The number of aryl methyl sites for hydroxylation is 1. The summed E-state index contributed by atoms with van der Waals surface area (Å²) in [7, 11) is -3.77. The van der Waals surface area contributed by atoms with Crippen molar-refractivity contribution in [2.75, 3.05) is 4.72 Å². The molecule has 0 saturated heterocycles. The van der Waals surface area contributed by atoms with Gasteiger partial charge in [-0.1, -0.05) is 33.6 Å². The summed E-state index contributed by atoms with van der Waals surface area (Å²) in [4.78, 5) is 0.0879. The predicted octanol–water partition coefficient (Wildman–Crippen LogP) is 4.35. The van der Waals surface area contributed by atoms with Crippen LogP contribution in [-0.4, -0.2) is 8.42 Å². The number of halogens is 3. The Labute approximate surface area is 130 Å². The molecule has 0 unspecified atom stereocenters. The van der Waals surface area contributed by atoms with Gasteiger partial charge in [-0.15, -0.1) is 0 Å². The van der Waals surface area contributed by atoms with Crippen molar-refractivity contribution >= 4 is 43.2 Å². The zero-order valence-corrected chi connectivity index (χ0v) is 13.5. The number of sulfonamides is 1. The summed E-state index contributed by atoms with van der Waals surface area (Å²) in [6.07, 6.45) is 0. The van der Waals surface area contributed by atoms with Gasteiger partial charge in [0.15, 0.2) is 0 Å².